The molecule has 25 heavy (non-hydrogen) atoms. The third kappa shape index (κ3) is 3.81. The van der Waals surface area contributed by atoms with E-state index >= 15 is 0 Å². The highest BCUT2D eigenvalue weighted by Crippen LogP contribution is 2.26. The van der Waals surface area contributed by atoms with E-state index in [1.807, 2.05) is 24.5 Å². The second-order valence-electron chi connectivity index (χ2n) is 5.79. The molecule has 0 unspecified atom stereocenters. The number of anilines is 1. The topological polar surface area (TPSA) is 80.2 Å². The van der Waals surface area contributed by atoms with Gasteiger partial charge in [-0.3, -0.25) is 19.7 Å². The summed E-state index contributed by atoms with van der Waals surface area (Å²) in [5.41, 5.74) is 3.59. The minimum atomic E-state index is -0.0691. The molecule has 0 radical (unpaired) electrons. The third-order valence-electron chi connectivity index (χ3n) is 4.02. The van der Waals surface area contributed by atoms with Crippen LogP contribution in [0.5, 0.6) is 0 Å². The van der Waals surface area contributed by atoms with Crippen LogP contribution in [-0.2, 0) is 9.53 Å². The summed E-state index contributed by atoms with van der Waals surface area (Å²) in [5.74, 6) is 0.467. The van der Waals surface area contributed by atoms with E-state index in [1.165, 1.54) is 0 Å². The number of rotatable bonds is 4. The predicted octanol–water partition coefficient (Wildman–Crippen LogP) is 2.02. The van der Waals surface area contributed by atoms with Gasteiger partial charge in [-0.05, 0) is 12.1 Å². The smallest absolute Gasteiger partial charge is 0.239 e. The first-order valence-corrected chi connectivity index (χ1v) is 8.90. The lowest BCUT2D eigenvalue weighted by Gasteiger charge is -2.25. The number of ether oxygens (including phenoxy) is 1. The highest BCUT2D eigenvalue weighted by Gasteiger charge is 2.14. The zero-order valence-corrected chi connectivity index (χ0v) is 14.3. The molecule has 1 N–H and O–H groups in total. The number of morpholine rings is 1. The first-order chi connectivity index (χ1) is 12.3. The first kappa shape index (κ1) is 16.1. The van der Waals surface area contributed by atoms with E-state index in [-0.39, 0.29) is 5.91 Å². The lowest BCUT2D eigenvalue weighted by Crippen LogP contribution is -2.41. The van der Waals surface area contributed by atoms with Gasteiger partial charge < -0.3 is 10.1 Å². The van der Waals surface area contributed by atoms with E-state index in [0.29, 0.717) is 25.6 Å². The highest BCUT2D eigenvalue weighted by molar-refractivity contribution is 7.13. The summed E-state index contributed by atoms with van der Waals surface area (Å²) in [4.78, 5) is 28.2. The molecule has 7 nitrogen and oxygen atoms in total. The third-order valence-corrected chi connectivity index (χ3v) is 4.85. The fourth-order valence-corrected chi connectivity index (χ4v) is 3.34. The number of hydrogen-bond acceptors (Lipinski definition) is 7. The fourth-order valence-electron chi connectivity index (χ4n) is 2.74. The molecule has 0 spiro atoms. The van der Waals surface area contributed by atoms with Gasteiger partial charge in [-0.25, -0.2) is 4.98 Å². The predicted molar refractivity (Wildman–Crippen MR) is 96.5 cm³/mol. The van der Waals surface area contributed by atoms with Crippen molar-refractivity contribution in [1.29, 1.82) is 0 Å². The van der Waals surface area contributed by atoms with Crippen LogP contribution in [0.4, 0.5) is 5.82 Å². The van der Waals surface area contributed by atoms with E-state index < -0.39 is 0 Å². The van der Waals surface area contributed by atoms with E-state index in [4.69, 9.17) is 4.74 Å². The van der Waals surface area contributed by atoms with Gasteiger partial charge in [0.05, 0.1) is 41.9 Å². The summed E-state index contributed by atoms with van der Waals surface area (Å²) in [7, 11) is 0. The maximum Gasteiger partial charge on any atom is 0.239 e. The van der Waals surface area contributed by atoms with Crippen molar-refractivity contribution >= 4 is 34.0 Å². The van der Waals surface area contributed by atoms with Crippen molar-refractivity contribution in [2.45, 2.75) is 0 Å². The normalized spacial score (nSPS) is 15.4. The van der Waals surface area contributed by atoms with Gasteiger partial charge in [0.2, 0.25) is 5.91 Å². The maximum atomic E-state index is 12.2. The molecule has 0 atom stereocenters. The quantitative estimate of drug-likeness (QED) is 0.771. The average molecular weight is 355 g/mol. The first-order valence-electron chi connectivity index (χ1n) is 8.02. The van der Waals surface area contributed by atoms with Gasteiger partial charge in [0.25, 0.3) is 0 Å². The molecule has 0 aromatic carbocycles. The summed E-state index contributed by atoms with van der Waals surface area (Å²) in [6.45, 7) is 3.25. The molecule has 4 rings (SSSR count). The van der Waals surface area contributed by atoms with Crippen LogP contribution in [-0.4, -0.2) is 58.6 Å². The number of fused-ring (bicyclic) bond motifs is 1. The molecule has 0 bridgehead atoms. The Morgan fingerprint density at radius 3 is 2.88 bits per heavy atom. The molecular formula is C17H17N5O2S. The minimum absolute atomic E-state index is 0.0691. The number of nitrogens with one attached hydrogen (secondary N) is 1. The molecule has 4 heterocycles. The second-order valence-corrected chi connectivity index (χ2v) is 6.67. The number of nitrogens with zero attached hydrogens (tertiary/aromatic N) is 4. The summed E-state index contributed by atoms with van der Waals surface area (Å²) < 4.78 is 5.29. The van der Waals surface area contributed by atoms with E-state index in [2.05, 4.69) is 25.2 Å². The van der Waals surface area contributed by atoms with Crippen LogP contribution in [0.3, 0.4) is 0 Å². The summed E-state index contributed by atoms with van der Waals surface area (Å²) in [6.07, 6.45) is 5.31. The lowest BCUT2D eigenvalue weighted by atomic mass is 10.2. The Balaban J connectivity index is 1.50. The molecular weight excluding hydrogens is 338 g/mol. The van der Waals surface area contributed by atoms with Crippen LogP contribution >= 0.6 is 11.3 Å². The average Bonchev–Trinajstić information content (AvgIpc) is 3.16. The standard InChI is InChI=1S/C17H17N5O2S/c23-17(10-22-1-3-24-4-2-22)21-16-6-12-5-13(15-9-18-11-25-15)7-19-14(12)8-20-16/h5-9,11H,1-4,10H2,(H,20,21,23). The molecule has 0 saturated carbocycles. The fraction of sp³-hybridized carbons (Fsp3) is 0.294. The van der Waals surface area contributed by atoms with E-state index in [1.54, 1.807) is 23.0 Å². The van der Waals surface area contributed by atoms with Crippen LogP contribution in [0.2, 0.25) is 0 Å². The Morgan fingerprint density at radius 2 is 2.08 bits per heavy atom. The largest absolute Gasteiger partial charge is 0.379 e. The zero-order chi connectivity index (χ0) is 17.1. The summed E-state index contributed by atoms with van der Waals surface area (Å²) in [5, 5.41) is 3.80. The number of amides is 1. The Kier molecular flexibility index (Phi) is 4.64. The Bertz CT molecular complexity index is 878. The molecule has 0 aliphatic carbocycles. The number of hydrogen-bond donors (Lipinski definition) is 1. The zero-order valence-electron chi connectivity index (χ0n) is 13.5. The van der Waals surface area contributed by atoms with Crippen molar-refractivity contribution in [3.63, 3.8) is 0 Å². The Hall–Kier alpha value is -2.42. The van der Waals surface area contributed by atoms with Crippen LogP contribution in [0.1, 0.15) is 0 Å². The van der Waals surface area contributed by atoms with Crippen molar-refractivity contribution in [3.8, 4) is 10.4 Å². The second kappa shape index (κ2) is 7.22. The Labute approximate surface area is 148 Å². The van der Waals surface area contributed by atoms with Gasteiger partial charge in [-0.1, -0.05) is 0 Å². The van der Waals surface area contributed by atoms with Crippen molar-refractivity contribution < 1.29 is 9.53 Å². The van der Waals surface area contributed by atoms with Crippen molar-refractivity contribution in [2.24, 2.45) is 0 Å². The van der Waals surface area contributed by atoms with Gasteiger partial charge in [-0.2, -0.15) is 0 Å². The minimum Gasteiger partial charge on any atom is -0.379 e. The van der Waals surface area contributed by atoms with Crippen LogP contribution in [0.15, 0.2) is 36.2 Å². The van der Waals surface area contributed by atoms with Crippen LogP contribution in [0, 0.1) is 0 Å². The lowest BCUT2D eigenvalue weighted by molar-refractivity contribution is -0.118. The number of carbonyl (C=O) groups is 1. The number of aromatic nitrogens is 3. The van der Waals surface area contributed by atoms with Crippen LogP contribution < -0.4 is 5.32 Å². The highest BCUT2D eigenvalue weighted by atomic mass is 32.1. The molecule has 1 fully saturated rings. The molecule has 1 saturated heterocycles. The van der Waals surface area contributed by atoms with Crippen molar-refractivity contribution in [1.82, 2.24) is 19.9 Å². The number of carbonyl (C=O) groups excluding carboxylic acids is 1. The summed E-state index contributed by atoms with van der Waals surface area (Å²) in [6, 6.07) is 3.89. The summed E-state index contributed by atoms with van der Waals surface area (Å²) >= 11 is 1.57. The molecule has 128 valence electrons. The van der Waals surface area contributed by atoms with E-state index in [9.17, 15) is 4.79 Å². The monoisotopic (exact) mass is 355 g/mol. The molecule has 8 heteroatoms. The van der Waals surface area contributed by atoms with Gasteiger partial charge in [0, 0.05) is 36.4 Å². The molecule has 1 amide bonds. The van der Waals surface area contributed by atoms with Gasteiger partial charge in [0.15, 0.2) is 0 Å². The number of pyridine rings is 2. The van der Waals surface area contributed by atoms with Gasteiger partial charge in [0.1, 0.15) is 5.82 Å². The van der Waals surface area contributed by atoms with E-state index in [0.717, 1.165) is 34.4 Å². The molecule has 3 aromatic heterocycles. The molecule has 1 aliphatic heterocycles. The number of thiazole rings is 1. The van der Waals surface area contributed by atoms with Crippen molar-refractivity contribution in [2.75, 3.05) is 38.2 Å². The Morgan fingerprint density at radius 1 is 1.20 bits per heavy atom. The SMILES string of the molecule is O=C(CN1CCOCC1)Nc1cc2cc(-c3cncs3)cnc2cn1. The van der Waals surface area contributed by atoms with Crippen molar-refractivity contribution in [3.05, 3.63) is 36.2 Å². The van der Waals surface area contributed by atoms with Crippen LogP contribution in [0.25, 0.3) is 21.3 Å². The molecule has 1 aliphatic rings. The van der Waals surface area contributed by atoms with Gasteiger partial charge >= 0.3 is 0 Å². The van der Waals surface area contributed by atoms with Gasteiger partial charge in [-0.15, -0.1) is 11.3 Å². The molecule has 3 aromatic rings. The maximum absolute atomic E-state index is 12.2.